The van der Waals surface area contributed by atoms with E-state index in [1.165, 1.54) is 13.4 Å². The fourth-order valence-corrected chi connectivity index (χ4v) is 1.85. The first-order valence-corrected chi connectivity index (χ1v) is 6.63. The first kappa shape index (κ1) is 14.8. The lowest BCUT2D eigenvalue weighted by Crippen LogP contribution is -2.12. The Balaban J connectivity index is 2.06. The maximum Gasteiger partial charge on any atom is 0.340 e. The fraction of sp³-hybridized carbons (Fsp3) is 0.357. The zero-order valence-electron chi connectivity index (χ0n) is 12.1. The van der Waals surface area contributed by atoms with Gasteiger partial charge < -0.3 is 15.2 Å². The Hall–Kier alpha value is -2.57. The number of nitrogen functional groups attached to an aromatic ring is 1. The predicted molar refractivity (Wildman–Crippen MR) is 76.8 cm³/mol. The molecule has 1 heterocycles. The van der Waals surface area contributed by atoms with E-state index in [-0.39, 0.29) is 12.2 Å². The molecule has 0 fully saturated rings. The maximum absolute atomic E-state index is 12.1. The third-order valence-electron chi connectivity index (χ3n) is 2.94. The molecule has 112 valence electrons. The minimum absolute atomic E-state index is 0.0511. The highest BCUT2D eigenvalue weighted by molar-refractivity contribution is 5.95. The van der Waals surface area contributed by atoms with Crippen molar-refractivity contribution in [2.75, 3.05) is 12.8 Å². The predicted octanol–water partition coefficient (Wildman–Crippen LogP) is 1.64. The van der Waals surface area contributed by atoms with Crippen molar-refractivity contribution in [2.24, 2.45) is 0 Å². The summed E-state index contributed by atoms with van der Waals surface area (Å²) >= 11 is 0. The second-order valence-electron chi connectivity index (χ2n) is 4.43. The summed E-state index contributed by atoms with van der Waals surface area (Å²) in [5.41, 5.74) is 6.40. The van der Waals surface area contributed by atoms with Crippen LogP contribution in [0.1, 0.15) is 29.5 Å². The highest BCUT2D eigenvalue weighted by Gasteiger charge is 2.14. The number of nitrogens with two attached hydrogens (primary N) is 1. The molecule has 0 saturated carbocycles. The second-order valence-corrected chi connectivity index (χ2v) is 4.43. The number of aromatic nitrogens is 3. The van der Waals surface area contributed by atoms with Crippen molar-refractivity contribution >= 4 is 11.7 Å². The molecule has 0 spiro atoms. The van der Waals surface area contributed by atoms with Gasteiger partial charge in [-0.15, -0.1) is 0 Å². The molecule has 0 aliphatic heterocycles. The monoisotopic (exact) mass is 290 g/mol. The first-order chi connectivity index (χ1) is 10.2. The van der Waals surface area contributed by atoms with E-state index in [2.05, 4.69) is 10.1 Å². The van der Waals surface area contributed by atoms with Crippen LogP contribution in [0.2, 0.25) is 0 Å². The Morgan fingerprint density at radius 1 is 1.43 bits per heavy atom. The molecule has 2 N–H and O–H groups in total. The summed E-state index contributed by atoms with van der Waals surface area (Å²) < 4.78 is 12.0. The largest absolute Gasteiger partial charge is 0.497 e. The molecule has 1 aromatic heterocycles. The summed E-state index contributed by atoms with van der Waals surface area (Å²) in [6, 6.07) is 4.84. The number of nitrogens with zero attached hydrogens (tertiary/aromatic N) is 3. The Kier molecular flexibility index (Phi) is 4.76. The number of hydrogen-bond donors (Lipinski definition) is 1. The van der Waals surface area contributed by atoms with Crippen LogP contribution in [-0.2, 0) is 17.9 Å². The fourth-order valence-electron chi connectivity index (χ4n) is 1.85. The highest BCUT2D eigenvalue weighted by Crippen LogP contribution is 2.20. The van der Waals surface area contributed by atoms with Gasteiger partial charge in [0.05, 0.1) is 12.7 Å². The van der Waals surface area contributed by atoms with Gasteiger partial charge in [-0.2, -0.15) is 5.10 Å². The van der Waals surface area contributed by atoms with Gasteiger partial charge in [-0.1, -0.05) is 6.92 Å². The summed E-state index contributed by atoms with van der Waals surface area (Å²) in [5, 5.41) is 4.07. The van der Waals surface area contributed by atoms with Crippen molar-refractivity contribution in [3.8, 4) is 5.75 Å². The van der Waals surface area contributed by atoms with Gasteiger partial charge in [-0.3, -0.25) is 0 Å². The molecule has 0 unspecified atom stereocenters. The summed E-state index contributed by atoms with van der Waals surface area (Å²) in [5.74, 6) is 0.634. The van der Waals surface area contributed by atoms with Gasteiger partial charge in [0.15, 0.2) is 12.4 Å². The van der Waals surface area contributed by atoms with E-state index < -0.39 is 5.97 Å². The number of hydrogen-bond acceptors (Lipinski definition) is 6. The van der Waals surface area contributed by atoms with Crippen LogP contribution in [0, 0.1) is 0 Å². The number of anilines is 1. The molecule has 0 atom stereocenters. The number of esters is 1. The van der Waals surface area contributed by atoms with Crippen LogP contribution in [0.3, 0.4) is 0 Å². The number of rotatable bonds is 6. The summed E-state index contributed by atoms with van der Waals surface area (Å²) in [6.07, 6.45) is 2.37. The van der Waals surface area contributed by atoms with E-state index >= 15 is 0 Å². The Morgan fingerprint density at radius 3 is 2.95 bits per heavy atom. The maximum atomic E-state index is 12.1. The number of ether oxygens (including phenoxy) is 2. The number of benzene rings is 1. The van der Waals surface area contributed by atoms with E-state index in [1.54, 1.807) is 22.9 Å². The van der Waals surface area contributed by atoms with Crippen LogP contribution in [0.4, 0.5) is 5.69 Å². The Labute approximate surface area is 122 Å². The van der Waals surface area contributed by atoms with Crippen LogP contribution in [-0.4, -0.2) is 27.8 Å². The normalized spacial score (nSPS) is 10.4. The van der Waals surface area contributed by atoms with Gasteiger partial charge in [0.25, 0.3) is 0 Å². The molecular formula is C14H18N4O3. The summed E-state index contributed by atoms with van der Waals surface area (Å²) in [6.45, 7) is 2.82. The quantitative estimate of drug-likeness (QED) is 0.642. The van der Waals surface area contributed by atoms with E-state index in [0.717, 1.165) is 13.0 Å². The first-order valence-electron chi connectivity index (χ1n) is 6.63. The van der Waals surface area contributed by atoms with Gasteiger partial charge in [-0.05, 0) is 24.6 Å². The van der Waals surface area contributed by atoms with E-state index in [9.17, 15) is 4.79 Å². The average molecular weight is 290 g/mol. The molecule has 0 radical (unpaired) electrons. The van der Waals surface area contributed by atoms with Crippen molar-refractivity contribution < 1.29 is 14.3 Å². The van der Waals surface area contributed by atoms with Gasteiger partial charge in [0.1, 0.15) is 12.1 Å². The van der Waals surface area contributed by atoms with Crippen molar-refractivity contribution in [3.05, 3.63) is 35.9 Å². The van der Waals surface area contributed by atoms with Crippen molar-refractivity contribution in [1.29, 1.82) is 0 Å². The standard InChI is InChI=1S/C14H18N4O3/c1-3-6-18-13(16-9-17-18)8-21-14(19)11-7-10(20-2)4-5-12(11)15/h4-5,7,9H,3,6,8,15H2,1-2H3. The van der Waals surface area contributed by atoms with Crippen LogP contribution < -0.4 is 10.5 Å². The minimum atomic E-state index is -0.516. The summed E-state index contributed by atoms with van der Waals surface area (Å²) in [7, 11) is 1.52. The third kappa shape index (κ3) is 3.50. The minimum Gasteiger partial charge on any atom is -0.497 e. The number of carbonyl (C=O) groups excluding carboxylic acids is 1. The third-order valence-corrected chi connectivity index (χ3v) is 2.94. The number of aryl methyl sites for hydroxylation is 1. The number of carbonyl (C=O) groups is 1. The van der Waals surface area contributed by atoms with Gasteiger partial charge >= 0.3 is 5.97 Å². The van der Waals surface area contributed by atoms with Crippen LogP contribution in [0.5, 0.6) is 5.75 Å². The van der Waals surface area contributed by atoms with Crippen LogP contribution >= 0.6 is 0 Å². The van der Waals surface area contributed by atoms with E-state index in [0.29, 0.717) is 17.3 Å². The molecule has 2 aromatic rings. The van der Waals surface area contributed by atoms with Crippen molar-refractivity contribution in [1.82, 2.24) is 14.8 Å². The molecule has 7 heteroatoms. The molecular weight excluding hydrogens is 272 g/mol. The zero-order valence-corrected chi connectivity index (χ0v) is 12.1. The molecule has 2 rings (SSSR count). The van der Waals surface area contributed by atoms with Gasteiger partial charge in [0.2, 0.25) is 0 Å². The number of methoxy groups -OCH3 is 1. The molecule has 0 amide bonds. The second kappa shape index (κ2) is 6.74. The SMILES string of the molecule is CCCn1ncnc1COC(=O)c1cc(OC)ccc1N. The van der Waals surface area contributed by atoms with Crippen molar-refractivity contribution in [3.63, 3.8) is 0 Å². The molecule has 0 aliphatic carbocycles. The van der Waals surface area contributed by atoms with E-state index in [1.807, 2.05) is 6.92 Å². The molecule has 7 nitrogen and oxygen atoms in total. The molecule has 0 aliphatic rings. The smallest absolute Gasteiger partial charge is 0.340 e. The summed E-state index contributed by atoms with van der Waals surface area (Å²) in [4.78, 5) is 16.2. The Morgan fingerprint density at radius 2 is 2.24 bits per heavy atom. The topological polar surface area (TPSA) is 92.3 Å². The van der Waals surface area contributed by atoms with Gasteiger partial charge in [0, 0.05) is 12.2 Å². The zero-order chi connectivity index (χ0) is 15.2. The molecule has 0 saturated heterocycles. The lowest BCUT2D eigenvalue weighted by molar-refractivity contribution is 0.0457. The highest BCUT2D eigenvalue weighted by atomic mass is 16.5. The van der Waals surface area contributed by atoms with Gasteiger partial charge in [-0.25, -0.2) is 14.5 Å². The molecule has 21 heavy (non-hydrogen) atoms. The lowest BCUT2D eigenvalue weighted by Gasteiger charge is -2.09. The molecule has 1 aromatic carbocycles. The van der Waals surface area contributed by atoms with E-state index in [4.69, 9.17) is 15.2 Å². The van der Waals surface area contributed by atoms with Crippen molar-refractivity contribution in [2.45, 2.75) is 26.5 Å². The molecule has 0 bridgehead atoms. The average Bonchev–Trinajstić information content (AvgIpc) is 2.93. The van der Waals surface area contributed by atoms with Crippen LogP contribution in [0.25, 0.3) is 0 Å². The van der Waals surface area contributed by atoms with Crippen LogP contribution in [0.15, 0.2) is 24.5 Å². The Bertz CT molecular complexity index is 624. The lowest BCUT2D eigenvalue weighted by atomic mass is 10.2.